The van der Waals surface area contributed by atoms with Gasteiger partial charge in [-0.05, 0) is 24.2 Å². The lowest BCUT2D eigenvalue weighted by atomic mass is 9.89. The molecule has 0 aromatic carbocycles. The first-order valence-corrected chi connectivity index (χ1v) is 7.42. The van der Waals surface area contributed by atoms with Gasteiger partial charge in [0.25, 0.3) is 0 Å². The minimum atomic E-state index is 0.130. The van der Waals surface area contributed by atoms with Gasteiger partial charge in [-0.3, -0.25) is 4.99 Å². The minimum absolute atomic E-state index is 0.130. The van der Waals surface area contributed by atoms with Crippen molar-refractivity contribution in [2.45, 2.75) is 59.1 Å². The zero-order valence-corrected chi connectivity index (χ0v) is 13.4. The summed E-state index contributed by atoms with van der Waals surface area (Å²) in [7, 11) is 3.59. The molecular formula is C15H31N3O. The summed E-state index contributed by atoms with van der Waals surface area (Å²) in [5, 5.41) is 6.86. The SMILES string of the molecule is CCCC1CC1NC(=NC)NCC(OC)C(C)(C)C. The van der Waals surface area contributed by atoms with Crippen LogP contribution < -0.4 is 10.6 Å². The van der Waals surface area contributed by atoms with Crippen LogP contribution in [-0.2, 0) is 4.74 Å². The van der Waals surface area contributed by atoms with Crippen LogP contribution >= 0.6 is 0 Å². The maximum absolute atomic E-state index is 5.54. The molecule has 0 amide bonds. The Bertz CT molecular complexity index is 296. The normalized spacial score (nSPS) is 25.1. The monoisotopic (exact) mass is 269 g/mol. The van der Waals surface area contributed by atoms with E-state index < -0.39 is 0 Å². The van der Waals surface area contributed by atoms with Gasteiger partial charge in [0.05, 0.1) is 6.10 Å². The molecule has 0 saturated heterocycles. The molecule has 0 spiro atoms. The predicted octanol–water partition coefficient (Wildman–Crippen LogP) is 2.40. The summed E-state index contributed by atoms with van der Waals surface area (Å²) in [6.45, 7) is 9.60. The number of hydrogen-bond acceptors (Lipinski definition) is 2. The molecule has 1 fully saturated rings. The summed E-state index contributed by atoms with van der Waals surface area (Å²) in [6.07, 6.45) is 4.04. The third kappa shape index (κ3) is 5.39. The standard InChI is InChI=1S/C15H31N3O/c1-7-8-11-9-12(11)18-14(16-5)17-10-13(19-6)15(2,3)4/h11-13H,7-10H2,1-6H3,(H2,16,17,18). The zero-order chi connectivity index (χ0) is 14.5. The molecule has 3 unspecified atom stereocenters. The van der Waals surface area contributed by atoms with E-state index in [0.29, 0.717) is 6.04 Å². The highest BCUT2D eigenvalue weighted by molar-refractivity contribution is 5.80. The van der Waals surface area contributed by atoms with E-state index >= 15 is 0 Å². The molecule has 0 aromatic rings. The Morgan fingerprint density at radius 2 is 2.11 bits per heavy atom. The van der Waals surface area contributed by atoms with Crippen LogP contribution in [0.25, 0.3) is 0 Å². The van der Waals surface area contributed by atoms with E-state index in [1.807, 2.05) is 7.05 Å². The Hall–Kier alpha value is -0.770. The number of guanidine groups is 1. The van der Waals surface area contributed by atoms with E-state index in [1.54, 1.807) is 7.11 Å². The van der Waals surface area contributed by atoms with Gasteiger partial charge in [0.15, 0.2) is 5.96 Å². The van der Waals surface area contributed by atoms with Gasteiger partial charge in [-0.1, -0.05) is 34.1 Å². The first kappa shape index (κ1) is 16.3. The molecule has 0 aliphatic heterocycles. The number of aliphatic imine (C=N–C) groups is 1. The van der Waals surface area contributed by atoms with Crippen molar-refractivity contribution in [3.63, 3.8) is 0 Å². The molecule has 112 valence electrons. The van der Waals surface area contributed by atoms with Gasteiger partial charge >= 0.3 is 0 Å². The largest absolute Gasteiger partial charge is 0.379 e. The Balaban J connectivity index is 2.34. The number of nitrogens with zero attached hydrogens (tertiary/aromatic N) is 1. The lowest BCUT2D eigenvalue weighted by molar-refractivity contribution is 0.0205. The number of hydrogen-bond donors (Lipinski definition) is 2. The van der Waals surface area contributed by atoms with Crippen LogP contribution in [0.4, 0.5) is 0 Å². The Morgan fingerprint density at radius 1 is 1.42 bits per heavy atom. The van der Waals surface area contributed by atoms with Gasteiger partial charge in [0.2, 0.25) is 0 Å². The second kappa shape index (κ2) is 7.13. The van der Waals surface area contributed by atoms with Crippen molar-refractivity contribution >= 4 is 5.96 Å². The molecule has 0 aromatic heterocycles. The first-order valence-electron chi connectivity index (χ1n) is 7.42. The zero-order valence-electron chi connectivity index (χ0n) is 13.4. The molecular weight excluding hydrogens is 238 g/mol. The maximum Gasteiger partial charge on any atom is 0.191 e. The first-order chi connectivity index (χ1) is 8.92. The fourth-order valence-corrected chi connectivity index (χ4v) is 2.42. The van der Waals surface area contributed by atoms with Crippen molar-refractivity contribution in [2.24, 2.45) is 16.3 Å². The second-order valence-electron chi connectivity index (χ2n) is 6.58. The van der Waals surface area contributed by atoms with Crippen molar-refractivity contribution in [2.75, 3.05) is 20.7 Å². The van der Waals surface area contributed by atoms with Crippen LogP contribution in [0.2, 0.25) is 0 Å². The van der Waals surface area contributed by atoms with E-state index in [9.17, 15) is 0 Å². The fraction of sp³-hybridized carbons (Fsp3) is 0.933. The van der Waals surface area contributed by atoms with Crippen LogP contribution in [0.3, 0.4) is 0 Å². The number of nitrogens with one attached hydrogen (secondary N) is 2. The molecule has 3 atom stereocenters. The smallest absolute Gasteiger partial charge is 0.191 e. The van der Waals surface area contributed by atoms with Crippen LogP contribution in [0.5, 0.6) is 0 Å². The van der Waals surface area contributed by atoms with Crippen molar-refractivity contribution in [3.05, 3.63) is 0 Å². The molecule has 1 aliphatic carbocycles. The highest BCUT2D eigenvalue weighted by atomic mass is 16.5. The van der Waals surface area contributed by atoms with E-state index in [2.05, 4.69) is 43.3 Å². The van der Waals surface area contributed by atoms with E-state index in [0.717, 1.165) is 18.4 Å². The highest BCUT2D eigenvalue weighted by Gasteiger charge is 2.36. The summed E-state index contributed by atoms with van der Waals surface area (Å²) in [5.74, 6) is 1.74. The predicted molar refractivity (Wildman–Crippen MR) is 81.6 cm³/mol. The van der Waals surface area contributed by atoms with Crippen molar-refractivity contribution in [3.8, 4) is 0 Å². The molecule has 4 heteroatoms. The highest BCUT2D eigenvalue weighted by Crippen LogP contribution is 2.34. The molecule has 0 bridgehead atoms. The molecule has 0 heterocycles. The lowest BCUT2D eigenvalue weighted by Crippen LogP contribution is -2.46. The van der Waals surface area contributed by atoms with Crippen LogP contribution in [0.15, 0.2) is 4.99 Å². The number of methoxy groups -OCH3 is 1. The molecule has 1 aliphatic rings. The quantitative estimate of drug-likeness (QED) is 0.575. The van der Waals surface area contributed by atoms with Crippen molar-refractivity contribution in [1.82, 2.24) is 10.6 Å². The molecule has 4 nitrogen and oxygen atoms in total. The molecule has 1 rings (SSSR count). The van der Waals surface area contributed by atoms with Gasteiger partial charge < -0.3 is 15.4 Å². The van der Waals surface area contributed by atoms with Gasteiger partial charge in [0, 0.05) is 26.7 Å². The summed E-state index contributed by atoms with van der Waals surface area (Å²) in [5.41, 5.74) is 0.130. The van der Waals surface area contributed by atoms with Crippen molar-refractivity contribution in [1.29, 1.82) is 0 Å². The Morgan fingerprint density at radius 3 is 2.58 bits per heavy atom. The fourth-order valence-electron chi connectivity index (χ4n) is 2.42. The Labute approximate surface area is 118 Å². The van der Waals surface area contributed by atoms with Crippen LogP contribution in [0.1, 0.15) is 47.0 Å². The number of rotatable bonds is 6. The summed E-state index contributed by atoms with van der Waals surface area (Å²) < 4.78 is 5.54. The van der Waals surface area contributed by atoms with Gasteiger partial charge in [0.1, 0.15) is 0 Å². The minimum Gasteiger partial charge on any atom is -0.379 e. The van der Waals surface area contributed by atoms with Crippen LogP contribution in [-0.4, -0.2) is 38.8 Å². The van der Waals surface area contributed by atoms with E-state index in [-0.39, 0.29) is 11.5 Å². The molecule has 19 heavy (non-hydrogen) atoms. The summed E-state index contributed by atoms with van der Waals surface area (Å²) in [4.78, 5) is 4.29. The van der Waals surface area contributed by atoms with Crippen LogP contribution in [0, 0.1) is 11.3 Å². The summed E-state index contributed by atoms with van der Waals surface area (Å²) in [6, 6.07) is 0.613. The second-order valence-corrected chi connectivity index (χ2v) is 6.58. The molecule has 0 radical (unpaired) electrons. The Kier molecular flexibility index (Phi) is 6.11. The van der Waals surface area contributed by atoms with Gasteiger partial charge in [-0.25, -0.2) is 0 Å². The number of ether oxygens (including phenoxy) is 1. The average molecular weight is 269 g/mol. The topological polar surface area (TPSA) is 45.7 Å². The van der Waals surface area contributed by atoms with E-state index in [4.69, 9.17) is 4.74 Å². The third-order valence-electron chi connectivity index (χ3n) is 3.83. The van der Waals surface area contributed by atoms with E-state index in [1.165, 1.54) is 19.3 Å². The summed E-state index contributed by atoms with van der Waals surface area (Å²) >= 11 is 0. The van der Waals surface area contributed by atoms with Crippen molar-refractivity contribution < 1.29 is 4.74 Å². The van der Waals surface area contributed by atoms with Gasteiger partial charge in [-0.2, -0.15) is 0 Å². The molecule has 2 N–H and O–H groups in total. The average Bonchev–Trinajstić information content (AvgIpc) is 3.05. The molecule has 1 saturated carbocycles. The lowest BCUT2D eigenvalue weighted by Gasteiger charge is -2.30. The maximum atomic E-state index is 5.54. The third-order valence-corrected chi connectivity index (χ3v) is 3.83. The van der Waals surface area contributed by atoms with Gasteiger partial charge in [-0.15, -0.1) is 0 Å².